The van der Waals surface area contributed by atoms with E-state index in [-0.39, 0.29) is 12.0 Å². The first-order valence-electron chi connectivity index (χ1n) is 8.72. The Morgan fingerprint density at radius 3 is 2.76 bits per heavy atom. The summed E-state index contributed by atoms with van der Waals surface area (Å²) in [6.45, 7) is 3.47. The first-order chi connectivity index (χ1) is 12.3. The second-order valence-corrected chi connectivity index (χ2v) is 7.50. The van der Waals surface area contributed by atoms with E-state index in [0.717, 1.165) is 31.1 Å². The van der Waals surface area contributed by atoms with Gasteiger partial charge in [0.05, 0.1) is 24.9 Å². The van der Waals surface area contributed by atoms with Crippen molar-refractivity contribution in [2.75, 3.05) is 43.4 Å². The molecule has 1 fully saturated rings. The molecule has 25 heavy (non-hydrogen) atoms. The summed E-state index contributed by atoms with van der Waals surface area (Å²) in [7, 11) is 0. The zero-order valence-corrected chi connectivity index (χ0v) is 15.0. The maximum atomic E-state index is 12.9. The molecule has 2 aliphatic heterocycles. The second-order valence-electron chi connectivity index (χ2n) is 6.37. The Morgan fingerprint density at radius 1 is 1.08 bits per heavy atom. The summed E-state index contributed by atoms with van der Waals surface area (Å²) in [5, 5.41) is 0. The molecule has 130 valence electrons. The van der Waals surface area contributed by atoms with Crippen molar-refractivity contribution in [3.63, 3.8) is 0 Å². The Morgan fingerprint density at radius 2 is 1.88 bits per heavy atom. The lowest BCUT2D eigenvalue weighted by Gasteiger charge is -2.35. The third kappa shape index (κ3) is 3.73. The van der Waals surface area contributed by atoms with Crippen LogP contribution in [0.1, 0.15) is 11.7 Å². The van der Waals surface area contributed by atoms with E-state index in [1.807, 2.05) is 53.1 Å². The number of benzene rings is 2. The number of ether oxygens (including phenoxy) is 1. The predicted octanol–water partition coefficient (Wildman–Crippen LogP) is 3.20. The molecule has 0 radical (unpaired) electrons. The lowest BCUT2D eigenvalue weighted by Crippen LogP contribution is -2.47. The summed E-state index contributed by atoms with van der Waals surface area (Å²) in [6.07, 6.45) is 0.0481. The lowest BCUT2D eigenvalue weighted by atomic mass is 10.1. The molecule has 0 bridgehead atoms. The number of morpholine rings is 1. The highest BCUT2D eigenvalue weighted by molar-refractivity contribution is 7.99. The third-order valence-corrected chi connectivity index (χ3v) is 5.75. The molecule has 1 saturated heterocycles. The van der Waals surface area contributed by atoms with Crippen molar-refractivity contribution < 1.29 is 9.53 Å². The molecule has 1 unspecified atom stereocenters. The van der Waals surface area contributed by atoms with Crippen molar-refractivity contribution in [3.05, 3.63) is 60.2 Å². The van der Waals surface area contributed by atoms with Gasteiger partial charge in [0.2, 0.25) is 5.91 Å². The number of para-hydroxylation sites is 1. The molecule has 4 nitrogen and oxygen atoms in total. The summed E-state index contributed by atoms with van der Waals surface area (Å²) >= 11 is 1.83. The Balaban J connectivity index is 1.43. The van der Waals surface area contributed by atoms with Crippen LogP contribution >= 0.6 is 11.8 Å². The van der Waals surface area contributed by atoms with Crippen molar-refractivity contribution in [1.82, 2.24) is 4.90 Å². The molecule has 2 aromatic rings. The average Bonchev–Trinajstić information content (AvgIpc) is 2.68. The Kier molecular flexibility index (Phi) is 5.06. The van der Waals surface area contributed by atoms with Crippen LogP contribution in [-0.2, 0) is 9.53 Å². The molecule has 1 atom stereocenters. The van der Waals surface area contributed by atoms with Crippen molar-refractivity contribution in [2.24, 2.45) is 0 Å². The molecule has 2 heterocycles. The zero-order chi connectivity index (χ0) is 17.1. The maximum absolute atomic E-state index is 12.9. The molecule has 5 heteroatoms. The van der Waals surface area contributed by atoms with Gasteiger partial charge in [0.1, 0.15) is 0 Å². The summed E-state index contributed by atoms with van der Waals surface area (Å²) in [5.74, 6) is 1.14. The van der Waals surface area contributed by atoms with Gasteiger partial charge < -0.3 is 9.64 Å². The fraction of sp³-hybridized carbons (Fsp3) is 0.350. The molecule has 0 aromatic heterocycles. The quantitative estimate of drug-likeness (QED) is 0.847. The van der Waals surface area contributed by atoms with Crippen LogP contribution in [0, 0.1) is 0 Å². The molecule has 0 spiro atoms. The minimum absolute atomic E-state index is 0.0481. The molecule has 4 rings (SSSR count). The van der Waals surface area contributed by atoms with Crippen LogP contribution < -0.4 is 4.90 Å². The van der Waals surface area contributed by atoms with Gasteiger partial charge in [-0.25, -0.2) is 0 Å². The van der Waals surface area contributed by atoms with Gasteiger partial charge in [-0.2, -0.15) is 0 Å². The average molecular weight is 354 g/mol. The van der Waals surface area contributed by atoms with Crippen LogP contribution in [0.4, 0.5) is 5.69 Å². The fourth-order valence-electron chi connectivity index (χ4n) is 3.42. The minimum Gasteiger partial charge on any atom is -0.371 e. The number of nitrogens with zero attached hydrogens (tertiary/aromatic N) is 2. The fourth-order valence-corrected chi connectivity index (χ4v) is 4.42. The van der Waals surface area contributed by atoms with Crippen molar-refractivity contribution in [2.45, 2.75) is 11.0 Å². The number of hydrogen-bond acceptors (Lipinski definition) is 4. The van der Waals surface area contributed by atoms with Crippen molar-refractivity contribution >= 4 is 23.4 Å². The van der Waals surface area contributed by atoms with Gasteiger partial charge in [0.15, 0.2) is 0 Å². The van der Waals surface area contributed by atoms with Crippen LogP contribution in [0.25, 0.3) is 0 Å². The normalized spacial score (nSPS) is 21.0. The first-order valence-corrected chi connectivity index (χ1v) is 9.71. The monoisotopic (exact) mass is 354 g/mol. The van der Waals surface area contributed by atoms with Crippen LogP contribution in [-0.4, -0.2) is 49.3 Å². The van der Waals surface area contributed by atoms with Crippen LogP contribution in [0.5, 0.6) is 0 Å². The van der Waals surface area contributed by atoms with Gasteiger partial charge in [-0.15, -0.1) is 11.8 Å². The molecular weight excluding hydrogens is 332 g/mol. The topological polar surface area (TPSA) is 32.8 Å². The number of carbonyl (C=O) groups is 1. The molecule has 0 saturated carbocycles. The number of anilines is 1. The molecule has 0 N–H and O–H groups in total. The van der Waals surface area contributed by atoms with Crippen molar-refractivity contribution in [1.29, 1.82) is 0 Å². The van der Waals surface area contributed by atoms with E-state index >= 15 is 0 Å². The highest BCUT2D eigenvalue weighted by Gasteiger charge is 2.27. The van der Waals surface area contributed by atoms with Crippen molar-refractivity contribution in [3.8, 4) is 0 Å². The minimum atomic E-state index is 0.0481. The zero-order valence-electron chi connectivity index (χ0n) is 14.1. The van der Waals surface area contributed by atoms with E-state index in [1.165, 1.54) is 10.5 Å². The summed E-state index contributed by atoms with van der Waals surface area (Å²) in [4.78, 5) is 18.3. The highest BCUT2D eigenvalue weighted by atomic mass is 32.2. The maximum Gasteiger partial charge on any atom is 0.241 e. The number of hydrogen-bond donors (Lipinski definition) is 0. The van der Waals surface area contributed by atoms with Gasteiger partial charge >= 0.3 is 0 Å². The second kappa shape index (κ2) is 7.60. The SMILES string of the molecule is O=C(CN1CCOC(c2ccccc2)C1)N1CCSc2ccccc21. The number of amides is 1. The smallest absolute Gasteiger partial charge is 0.241 e. The summed E-state index contributed by atoms with van der Waals surface area (Å²) in [6, 6.07) is 18.4. The number of carbonyl (C=O) groups excluding carboxylic acids is 1. The molecule has 1 amide bonds. The van der Waals surface area contributed by atoms with E-state index in [9.17, 15) is 4.79 Å². The highest BCUT2D eigenvalue weighted by Crippen LogP contribution is 2.34. The Bertz CT molecular complexity index is 737. The molecular formula is C20H22N2O2S. The van der Waals surface area contributed by atoms with Gasteiger partial charge in [0, 0.05) is 30.3 Å². The molecule has 2 aromatic carbocycles. The predicted molar refractivity (Wildman–Crippen MR) is 101 cm³/mol. The van der Waals surface area contributed by atoms with Crippen LogP contribution in [0.3, 0.4) is 0 Å². The standard InChI is InChI=1S/C20H22N2O2S/c23-20(22-11-13-25-19-9-5-4-8-17(19)22)15-21-10-12-24-18(14-21)16-6-2-1-3-7-16/h1-9,18H,10-15H2. The number of fused-ring (bicyclic) bond motifs is 1. The number of thioether (sulfide) groups is 1. The Hall–Kier alpha value is -1.82. The van der Waals surface area contributed by atoms with E-state index in [1.54, 1.807) is 0 Å². The van der Waals surface area contributed by atoms with E-state index in [2.05, 4.69) is 23.1 Å². The van der Waals surface area contributed by atoms with Gasteiger partial charge in [-0.05, 0) is 17.7 Å². The van der Waals surface area contributed by atoms with E-state index in [4.69, 9.17) is 4.74 Å². The third-order valence-electron chi connectivity index (χ3n) is 4.71. The van der Waals surface area contributed by atoms with E-state index < -0.39 is 0 Å². The van der Waals surface area contributed by atoms with Gasteiger partial charge in [-0.3, -0.25) is 9.69 Å². The lowest BCUT2D eigenvalue weighted by molar-refractivity contribution is -0.121. The van der Waals surface area contributed by atoms with E-state index in [0.29, 0.717) is 13.2 Å². The van der Waals surface area contributed by atoms with Crippen LogP contribution in [0.2, 0.25) is 0 Å². The largest absolute Gasteiger partial charge is 0.371 e. The Labute approximate surface area is 152 Å². The van der Waals surface area contributed by atoms with Gasteiger partial charge in [-0.1, -0.05) is 42.5 Å². The summed E-state index contributed by atoms with van der Waals surface area (Å²) in [5.41, 5.74) is 2.23. The summed E-state index contributed by atoms with van der Waals surface area (Å²) < 4.78 is 5.91. The molecule has 0 aliphatic carbocycles. The molecule has 2 aliphatic rings. The number of rotatable bonds is 3. The van der Waals surface area contributed by atoms with Gasteiger partial charge in [0.25, 0.3) is 0 Å². The van der Waals surface area contributed by atoms with Crippen LogP contribution in [0.15, 0.2) is 59.5 Å². The first kappa shape index (κ1) is 16.6.